The lowest BCUT2D eigenvalue weighted by Crippen LogP contribution is -2.47. The monoisotopic (exact) mass is 487 g/mol. The second kappa shape index (κ2) is 8.75. The molecule has 10 heteroatoms. The van der Waals surface area contributed by atoms with Crippen molar-refractivity contribution in [1.82, 2.24) is 20.7 Å². The molecular weight excluding hydrogens is 459 g/mol. The van der Waals surface area contributed by atoms with Gasteiger partial charge in [-0.05, 0) is 30.5 Å². The van der Waals surface area contributed by atoms with E-state index in [2.05, 4.69) is 35.8 Å². The molecule has 0 atom stereocenters. The molecule has 2 saturated heterocycles. The Balaban J connectivity index is 1.46. The van der Waals surface area contributed by atoms with Crippen molar-refractivity contribution >= 4 is 17.4 Å². The first-order valence-electron chi connectivity index (χ1n) is 11.8. The minimum Gasteiger partial charge on any atom is -0.441 e. The van der Waals surface area contributed by atoms with Gasteiger partial charge in [0.25, 0.3) is 0 Å². The lowest BCUT2D eigenvalue weighted by Gasteiger charge is -2.39. The summed E-state index contributed by atoms with van der Waals surface area (Å²) in [6.07, 6.45) is 0.348. The van der Waals surface area contributed by atoms with Crippen molar-refractivity contribution in [3.05, 3.63) is 54.0 Å². The molecule has 2 N–H and O–H groups in total. The van der Waals surface area contributed by atoms with Crippen molar-refractivity contribution in [3.63, 3.8) is 0 Å². The van der Waals surface area contributed by atoms with Crippen molar-refractivity contribution in [1.29, 1.82) is 0 Å². The number of ether oxygens (including phenoxy) is 1. The Morgan fingerprint density at radius 2 is 1.77 bits per heavy atom. The SMILES string of the molecule is CC(C)N1C=C(c2ccc(-c3cncc(C(F)(F)F)c3N3CCC4(CC3)CNC(=O)O4)cc2)CN1. The summed E-state index contributed by atoms with van der Waals surface area (Å²) >= 11 is 0. The Bertz CT molecular complexity index is 1140. The zero-order valence-corrected chi connectivity index (χ0v) is 19.7. The highest BCUT2D eigenvalue weighted by atomic mass is 19.4. The van der Waals surface area contributed by atoms with E-state index in [9.17, 15) is 18.0 Å². The second-order valence-electron chi connectivity index (χ2n) is 9.56. The lowest BCUT2D eigenvalue weighted by atomic mass is 9.90. The number of nitrogens with zero attached hydrogens (tertiary/aromatic N) is 3. The number of hydrogen-bond acceptors (Lipinski definition) is 6. The van der Waals surface area contributed by atoms with Gasteiger partial charge in [-0.25, -0.2) is 10.2 Å². The Hall–Kier alpha value is -3.27. The Labute approximate surface area is 201 Å². The van der Waals surface area contributed by atoms with Crippen LogP contribution in [-0.2, 0) is 10.9 Å². The van der Waals surface area contributed by atoms with Gasteiger partial charge in [0.05, 0.1) is 17.8 Å². The number of benzene rings is 1. The predicted octanol–water partition coefficient (Wildman–Crippen LogP) is 4.42. The van der Waals surface area contributed by atoms with Crippen molar-refractivity contribution in [3.8, 4) is 11.1 Å². The van der Waals surface area contributed by atoms with Gasteiger partial charge in [-0.1, -0.05) is 24.3 Å². The summed E-state index contributed by atoms with van der Waals surface area (Å²) in [7, 11) is 0. The standard InChI is InChI=1S/C25H28F3N5O2/c1-16(2)33-14-19(11-31-33)17-3-5-18(6-4-17)20-12-29-13-21(25(26,27)28)22(20)32-9-7-24(8-10-32)15-30-23(34)35-24/h3-6,12-14,16,31H,7-11,15H2,1-2H3,(H,30,34). The molecule has 0 unspecified atom stereocenters. The number of anilines is 1. The molecular formula is C25H28F3N5O2. The minimum atomic E-state index is -4.55. The number of hydrogen-bond donors (Lipinski definition) is 2. The van der Waals surface area contributed by atoms with E-state index < -0.39 is 23.4 Å². The summed E-state index contributed by atoms with van der Waals surface area (Å²) in [5.41, 5.74) is 5.28. The van der Waals surface area contributed by atoms with Gasteiger partial charge < -0.3 is 20.0 Å². The molecule has 35 heavy (non-hydrogen) atoms. The van der Waals surface area contributed by atoms with Gasteiger partial charge >= 0.3 is 12.3 Å². The molecule has 186 valence electrons. The van der Waals surface area contributed by atoms with Crippen LogP contribution in [-0.4, -0.2) is 53.9 Å². The summed E-state index contributed by atoms with van der Waals surface area (Å²) in [5, 5.41) is 4.70. The van der Waals surface area contributed by atoms with E-state index in [0.717, 1.165) is 17.3 Å². The zero-order valence-electron chi connectivity index (χ0n) is 19.7. The van der Waals surface area contributed by atoms with Crippen molar-refractivity contribution < 1.29 is 22.7 Å². The van der Waals surface area contributed by atoms with E-state index >= 15 is 0 Å². The summed E-state index contributed by atoms with van der Waals surface area (Å²) in [5.74, 6) is 0. The third-order valence-electron chi connectivity index (χ3n) is 6.95. The number of pyridine rings is 1. The number of carbonyl (C=O) groups is 1. The van der Waals surface area contributed by atoms with Crippen LogP contribution in [0.4, 0.5) is 23.7 Å². The molecule has 2 aromatic rings. The van der Waals surface area contributed by atoms with Crippen LogP contribution in [0.5, 0.6) is 0 Å². The largest absolute Gasteiger partial charge is 0.441 e. The van der Waals surface area contributed by atoms with Gasteiger partial charge in [0.15, 0.2) is 0 Å². The molecule has 0 saturated carbocycles. The molecule has 1 amide bonds. The van der Waals surface area contributed by atoms with E-state index in [1.165, 1.54) is 6.20 Å². The minimum absolute atomic E-state index is 0.125. The predicted molar refractivity (Wildman–Crippen MR) is 126 cm³/mol. The molecule has 2 fully saturated rings. The number of piperidine rings is 1. The maximum absolute atomic E-state index is 14.1. The number of aromatic nitrogens is 1. The molecule has 1 spiro atoms. The average molecular weight is 488 g/mol. The number of alkyl halides is 3. The van der Waals surface area contributed by atoms with Gasteiger partial charge in [0.1, 0.15) is 5.60 Å². The fraction of sp³-hybridized carbons (Fsp3) is 0.440. The highest BCUT2D eigenvalue weighted by molar-refractivity contribution is 5.82. The summed E-state index contributed by atoms with van der Waals surface area (Å²) in [4.78, 5) is 17.2. The third kappa shape index (κ3) is 4.54. The van der Waals surface area contributed by atoms with Crippen LogP contribution >= 0.6 is 0 Å². The smallest absolute Gasteiger partial charge is 0.419 e. The Kier molecular flexibility index (Phi) is 5.86. The van der Waals surface area contributed by atoms with E-state index in [0.29, 0.717) is 56.2 Å². The molecule has 5 rings (SSSR count). The number of alkyl carbamates (subject to hydrolysis) is 1. The van der Waals surface area contributed by atoms with Crippen LogP contribution in [0.25, 0.3) is 16.7 Å². The van der Waals surface area contributed by atoms with E-state index in [-0.39, 0.29) is 5.69 Å². The maximum atomic E-state index is 14.1. The average Bonchev–Trinajstić information content (AvgIpc) is 3.46. The van der Waals surface area contributed by atoms with E-state index in [1.54, 1.807) is 4.90 Å². The number of hydrazine groups is 1. The lowest BCUT2D eigenvalue weighted by molar-refractivity contribution is -0.137. The molecule has 1 aromatic carbocycles. The topological polar surface area (TPSA) is 69.7 Å². The van der Waals surface area contributed by atoms with Crippen molar-refractivity contribution in [2.45, 2.75) is 44.5 Å². The molecule has 1 aromatic heterocycles. The number of carbonyl (C=O) groups excluding carboxylic acids is 1. The second-order valence-corrected chi connectivity index (χ2v) is 9.56. The van der Waals surface area contributed by atoms with Gasteiger partial charge in [0.2, 0.25) is 0 Å². The van der Waals surface area contributed by atoms with Gasteiger partial charge in [0, 0.05) is 62.7 Å². The highest BCUT2D eigenvalue weighted by Crippen LogP contribution is 2.44. The van der Waals surface area contributed by atoms with Crippen LogP contribution in [0.2, 0.25) is 0 Å². The molecule has 0 radical (unpaired) electrons. The number of rotatable bonds is 4. The first-order valence-corrected chi connectivity index (χ1v) is 11.8. The van der Waals surface area contributed by atoms with Gasteiger partial charge in [-0.2, -0.15) is 13.2 Å². The summed E-state index contributed by atoms with van der Waals surface area (Å²) < 4.78 is 47.6. The highest BCUT2D eigenvalue weighted by Gasteiger charge is 2.45. The Morgan fingerprint density at radius 3 is 2.34 bits per heavy atom. The van der Waals surface area contributed by atoms with Gasteiger partial charge in [-0.3, -0.25) is 4.98 Å². The fourth-order valence-electron chi connectivity index (χ4n) is 4.94. The van der Waals surface area contributed by atoms with Crippen LogP contribution in [0.15, 0.2) is 42.9 Å². The maximum Gasteiger partial charge on any atom is 0.419 e. The number of nitrogens with one attached hydrogen (secondary N) is 2. The molecule has 0 aliphatic carbocycles. The molecule has 4 heterocycles. The molecule has 7 nitrogen and oxygen atoms in total. The first kappa shape index (κ1) is 23.5. The van der Waals surface area contributed by atoms with Crippen LogP contribution in [0.3, 0.4) is 0 Å². The third-order valence-corrected chi connectivity index (χ3v) is 6.95. The van der Waals surface area contributed by atoms with E-state index in [1.807, 2.05) is 29.3 Å². The number of amides is 1. The zero-order chi connectivity index (χ0) is 24.8. The molecule has 3 aliphatic heterocycles. The normalized spacial score (nSPS) is 19.8. The van der Waals surface area contributed by atoms with E-state index in [4.69, 9.17) is 4.74 Å². The van der Waals surface area contributed by atoms with Crippen molar-refractivity contribution in [2.24, 2.45) is 0 Å². The fourth-order valence-corrected chi connectivity index (χ4v) is 4.94. The number of halogens is 3. The first-order chi connectivity index (χ1) is 16.7. The quantitative estimate of drug-likeness (QED) is 0.666. The van der Waals surface area contributed by atoms with Crippen LogP contribution < -0.4 is 15.6 Å². The Morgan fingerprint density at radius 1 is 1.09 bits per heavy atom. The van der Waals surface area contributed by atoms with Gasteiger partial charge in [-0.15, -0.1) is 0 Å². The molecule has 0 bridgehead atoms. The summed E-state index contributed by atoms with van der Waals surface area (Å²) in [6, 6.07) is 7.89. The van der Waals surface area contributed by atoms with Crippen LogP contribution in [0.1, 0.15) is 37.8 Å². The van der Waals surface area contributed by atoms with Crippen molar-refractivity contribution in [2.75, 3.05) is 31.1 Å². The molecule has 3 aliphatic rings. The summed E-state index contributed by atoms with van der Waals surface area (Å²) in [6.45, 7) is 5.95. The van der Waals surface area contributed by atoms with Crippen LogP contribution in [0, 0.1) is 0 Å².